The highest BCUT2D eigenvalue weighted by Gasteiger charge is 2.14. The van der Waals surface area contributed by atoms with Gasteiger partial charge in [-0.2, -0.15) is 0 Å². The Morgan fingerprint density at radius 2 is 1.83 bits per heavy atom. The van der Waals surface area contributed by atoms with Crippen molar-refractivity contribution in [1.82, 2.24) is 4.72 Å². The normalized spacial score (nSPS) is 11.1. The number of rotatable bonds is 6. The first kappa shape index (κ1) is 17.9. The molecule has 0 bridgehead atoms. The van der Waals surface area contributed by atoms with Crippen LogP contribution in [-0.4, -0.2) is 28.5 Å². The average molecular weight is 353 g/mol. The number of hydrogen-bond donors (Lipinski definition) is 1. The molecule has 128 valence electrons. The van der Waals surface area contributed by atoms with Crippen molar-refractivity contribution in [2.75, 3.05) is 14.2 Å². The van der Waals surface area contributed by atoms with Crippen LogP contribution in [0.3, 0.4) is 0 Å². The first-order chi connectivity index (χ1) is 11.4. The third-order valence-corrected chi connectivity index (χ3v) is 4.70. The fourth-order valence-electron chi connectivity index (χ4n) is 1.97. The molecule has 1 N–H and O–H groups in total. The minimum Gasteiger partial charge on any atom is -0.496 e. The van der Waals surface area contributed by atoms with E-state index in [0.717, 1.165) is 0 Å². The van der Waals surface area contributed by atoms with Gasteiger partial charge in [-0.1, -0.05) is 0 Å². The predicted octanol–water partition coefficient (Wildman–Crippen LogP) is 2.10. The van der Waals surface area contributed by atoms with E-state index in [-0.39, 0.29) is 17.1 Å². The third-order valence-electron chi connectivity index (χ3n) is 3.27. The SMILES string of the molecule is CNS(=O)(=O)c1ccc(C(=O)OCc2cc(F)ccc2OC)cc1. The smallest absolute Gasteiger partial charge is 0.338 e. The minimum atomic E-state index is -3.57. The van der Waals surface area contributed by atoms with Gasteiger partial charge in [0.1, 0.15) is 18.2 Å². The van der Waals surface area contributed by atoms with Gasteiger partial charge in [0.25, 0.3) is 0 Å². The number of nitrogens with one attached hydrogen (secondary N) is 1. The predicted molar refractivity (Wildman–Crippen MR) is 84.8 cm³/mol. The lowest BCUT2D eigenvalue weighted by Crippen LogP contribution is -2.18. The Morgan fingerprint density at radius 3 is 2.42 bits per heavy atom. The van der Waals surface area contributed by atoms with E-state index in [4.69, 9.17) is 9.47 Å². The average Bonchev–Trinajstić information content (AvgIpc) is 2.60. The van der Waals surface area contributed by atoms with Crippen LogP contribution in [0.5, 0.6) is 5.75 Å². The monoisotopic (exact) mass is 353 g/mol. The standard InChI is InChI=1S/C16H16FNO5S/c1-18-24(20,21)14-6-3-11(4-7-14)16(19)23-10-12-9-13(17)5-8-15(12)22-2/h3-9,18H,10H2,1-2H3. The van der Waals surface area contributed by atoms with E-state index in [0.29, 0.717) is 11.3 Å². The maximum atomic E-state index is 13.3. The quantitative estimate of drug-likeness (QED) is 0.805. The zero-order valence-corrected chi connectivity index (χ0v) is 13.9. The Labute approximate surface area is 139 Å². The highest BCUT2D eigenvalue weighted by molar-refractivity contribution is 7.89. The third kappa shape index (κ3) is 4.09. The summed E-state index contributed by atoms with van der Waals surface area (Å²) < 4.78 is 48.9. The van der Waals surface area contributed by atoms with Crippen LogP contribution >= 0.6 is 0 Å². The molecule has 0 radical (unpaired) electrons. The molecule has 2 aromatic rings. The zero-order chi connectivity index (χ0) is 17.7. The molecule has 8 heteroatoms. The number of methoxy groups -OCH3 is 1. The van der Waals surface area contributed by atoms with Gasteiger partial charge >= 0.3 is 5.97 Å². The number of carbonyl (C=O) groups excluding carboxylic acids is 1. The molecule has 0 amide bonds. The van der Waals surface area contributed by atoms with Crippen molar-refractivity contribution in [3.05, 3.63) is 59.4 Å². The van der Waals surface area contributed by atoms with Gasteiger partial charge in [0, 0.05) is 5.56 Å². The largest absolute Gasteiger partial charge is 0.496 e. The molecule has 6 nitrogen and oxygen atoms in total. The summed E-state index contributed by atoms with van der Waals surface area (Å²) in [7, 11) is -0.844. The van der Waals surface area contributed by atoms with Crippen molar-refractivity contribution in [1.29, 1.82) is 0 Å². The van der Waals surface area contributed by atoms with Gasteiger partial charge in [-0.15, -0.1) is 0 Å². The van der Waals surface area contributed by atoms with E-state index in [1.54, 1.807) is 0 Å². The Kier molecular flexibility index (Phi) is 5.53. The van der Waals surface area contributed by atoms with Gasteiger partial charge in [0.15, 0.2) is 0 Å². The van der Waals surface area contributed by atoms with E-state index in [1.807, 2.05) is 0 Å². The van der Waals surface area contributed by atoms with Crippen molar-refractivity contribution in [3.8, 4) is 5.75 Å². The Bertz CT molecular complexity index is 834. The molecule has 0 spiro atoms. The topological polar surface area (TPSA) is 81.7 Å². The lowest BCUT2D eigenvalue weighted by atomic mass is 10.2. The van der Waals surface area contributed by atoms with Crippen LogP contribution in [0.15, 0.2) is 47.4 Å². The zero-order valence-electron chi connectivity index (χ0n) is 13.1. The van der Waals surface area contributed by atoms with E-state index in [9.17, 15) is 17.6 Å². The number of sulfonamides is 1. The number of hydrogen-bond acceptors (Lipinski definition) is 5. The molecule has 0 unspecified atom stereocenters. The second kappa shape index (κ2) is 7.41. The summed E-state index contributed by atoms with van der Waals surface area (Å²) in [6.45, 7) is -0.170. The van der Waals surface area contributed by atoms with Crippen molar-refractivity contribution in [3.63, 3.8) is 0 Å². The summed E-state index contributed by atoms with van der Waals surface area (Å²) in [6, 6.07) is 9.18. The molecule has 2 aromatic carbocycles. The molecule has 0 atom stereocenters. The number of esters is 1. The summed E-state index contributed by atoms with van der Waals surface area (Å²) in [4.78, 5) is 12.0. The molecule has 24 heavy (non-hydrogen) atoms. The van der Waals surface area contributed by atoms with E-state index in [2.05, 4.69) is 4.72 Å². The molecule has 0 saturated heterocycles. The summed E-state index contributed by atoms with van der Waals surface area (Å²) >= 11 is 0. The van der Waals surface area contributed by atoms with Crippen LogP contribution in [0.25, 0.3) is 0 Å². The van der Waals surface area contributed by atoms with Crippen LogP contribution in [0, 0.1) is 5.82 Å². The molecule has 0 aliphatic rings. The van der Waals surface area contributed by atoms with Crippen LogP contribution in [0.1, 0.15) is 15.9 Å². The molecule has 0 fully saturated rings. The lowest BCUT2D eigenvalue weighted by Gasteiger charge is -2.10. The van der Waals surface area contributed by atoms with Crippen LogP contribution in [0.4, 0.5) is 4.39 Å². The molecular formula is C16H16FNO5S. The van der Waals surface area contributed by atoms with Gasteiger partial charge in [-0.05, 0) is 49.5 Å². The van der Waals surface area contributed by atoms with Crippen LogP contribution in [0.2, 0.25) is 0 Å². The van der Waals surface area contributed by atoms with Gasteiger partial charge in [-0.25, -0.2) is 22.3 Å². The van der Waals surface area contributed by atoms with Gasteiger partial charge in [-0.3, -0.25) is 0 Å². The number of benzene rings is 2. The number of carbonyl (C=O) groups is 1. The first-order valence-corrected chi connectivity index (χ1v) is 8.39. The molecular weight excluding hydrogens is 337 g/mol. The Balaban J connectivity index is 2.09. The number of ether oxygens (including phenoxy) is 2. The Hall–Kier alpha value is -2.45. The second-order valence-electron chi connectivity index (χ2n) is 4.76. The molecule has 2 rings (SSSR count). The van der Waals surface area contributed by atoms with Crippen molar-refractivity contribution >= 4 is 16.0 Å². The summed E-state index contributed by atoms with van der Waals surface area (Å²) in [5.74, 6) is -0.724. The van der Waals surface area contributed by atoms with Crippen LogP contribution < -0.4 is 9.46 Å². The summed E-state index contributed by atoms with van der Waals surface area (Å²) in [5, 5.41) is 0. The van der Waals surface area contributed by atoms with Gasteiger partial charge in [0.2, 0.25) is 10.0 Å². The molecule has 0 saturated carbocycles. The van der Waals surface area contributed by atoms with Crippen molar-refractivity contribution in [2.24, 2.45) is 0 Å². The first-order valence-electron chi connectivity index (χ1n) is 6.90. The molecule has 0 aromatic heterocycles. The lowest BCUT2D eigenvalue weighted by molar-refractivity contribution is 0.0469. The molecule has 0 aliphatic carbocycles. The fraction of sp³-hybridized carbons (Fsp3) is 0.188. The highest BCUT2D eigenvalue weighted by atomic mass is 32.2. The van der Waals surface area contributed by atoms with E-state index in [1.165, 1.54) is 56.6 Å². The molecule has 0 heterocycles. The molecule has 0 aliphatic heterocycles. The fourth-order valence-corrected chi connectivity index (χ4v) is 2.70. The maximum Gasteiger partial charge on any atom is 0.338 e. The summed E-state index contributed by atoms with van der Waals surface area (Å²) in [6.07, 6.45) is 0. The number of halogens is 1. The van der Waals surface area contributed by atoms with Gasteiger partial charge in [0.05, 0.1) is 17.6 Å². The summed E-state index contributed by atoms with van der Waals surface area (Å²) in [5.41, 5.74) is 0.570. The van der Waals surface area contributed by atoms with Crippen LogP contribution in [-0.2, 0) is 21.4 Å². The van der Waals surface area contributed by atoms with E-state index < -0.39 is 21.8 Å². The van der Waals surface area contributed by atoms with Crippen molar-refractivity contribution < 1.29 is 27.1 Å². The highest BCUT2D eigenvalue weighted by Crippen LogP contribution is 2.21. The van der Waals surface area contributed by atoms with E-state index >= 15 is 0 Å². The van der Waals surface area contributed by atoms with Crippen molar-refractivity contribution in [2.45, 2.75) is 11.5 Å². The minimum absolute atomic E-state index is 0.0355. The van der Waals surface area contributed by atoms with Gasteiger partial charge < -0.3 is 9.47 Å². The Morgan fingerprint density at radius 1 is 1.17 bits per heavy atom. The maximum absolute atomic E-state index is 13.3. The second-order valence-corrected chi connectivity index (χ2v) is 6.65.